The number of nitrogens with zero attached hydrogens (tertiary/aromatic N) is 1. The summed E-state index contributed by atoms with van der Waals surface area (Å²) in [6.07, 6.45) is 2.53. The lowest BCUT2D eigenvalue weighted by Crippen LogP contribution is -2.27. The number of methoxy groups -OCH3 is 1. The number of aliphatic hydroxyl groups excluding tert-OH is 1. The number of nitrogens with one attached hydrogen (secondary N) is 2. The number of amides is 1. The number of hydrogen-bond donors (Lipinski definition) is 3. The molecule has 0 atom stereocenters. The standard InChI is InChI=1S/C23H25N3O3/c1-16-20(23(28)25-11-12-27)7-4-8-21(16)26-22-15-18(9-10-24-22)13-17-5-3-6-19(14-17)29-2/h3-10,14-15,27H,11-13H2,1-2H3,(H,24,26)(H,25,28). The van der Waals surface area contributed by atoms with Crippen molar-refractivity contribution < 1.29 is 14.6 Å². The number of ether oxygens (including phenoxy) is 1. The molecule has 0 unspecified atom stereocenters. The van der Waals surface area contributed by atoms with Crippen molar-refractivity contribution in [2.24, 2.45) is 0 Å². The second-order valence-corrected chi connectivity index (χ2v) is 6.66. The predicted molar refractivity (Wildman–Crippen MR) is 114 cm³/mol. The van der Waals surface area contributed by atoms with Crippen LogP contribution in [0.1, 0.15) is 27.0 Å². The van der Waals surface area contributed by atoms with E-state index in [1.807, 2.05) is 49.4 Å². The molecule has 29 heavy (non-hydrogen) atoms. The number of aromatic nitrogens is 1. The molecular formula is C23H25N3O3. The third-order valence-electron chi connectivity index (χ3n) is 4.61. The molecule has 1 amide bonds. The summed E-state index contributed by atoms with van der Waals surface area (Å²) in [5.41, 5.74) is 4.47. The molecule has 0 fully saturated rings. The van der Waals surface area contributed by atoms with Crippen molar-refractivity contribution in [3.63, 3.8) is 0 Å². The Hall–Kier alpha value is -3.38. The maximum Gasteiger partial charge on any atom is 0.251 e. The first-order chi connectivity index (χ1) is 14.1. The number of aliphatic hydroxyl groups is 1. The molecule has 0 spiro atoms. The fraction of sp³-hybridized carbons (Fsp3) is 0.217. The largest absolute Gasteiger partial charge is 0.497 e. The summed E-state index contributed by atoms with van der Waals surface area (Å²) in [6, 6.07) is 17.5. The molecule has 0 radical (unpaired) electrons. The van der Waals surface area contributed by atoms with Gasteiger partial charge in [-0.2, -0.15) is 0 Å². The molecule has 1 aromatic heterocycles. The number of carbonyl (C=O) groups excluding carboxylic acids is 1. The minimum absolute atomic E-state index is 0.0905. The molecule has 0 aliphatic carbocycles. The van der Waals surface area contributed by atoms with E-state index in [1.165, 1.54) is 0 Å². The summed E-state index contributed by atoms with van der Waals surface area (Å²) in [7, 11) is 1.66. The Morgan fingerprint density at radius 3 is 2.69 bits per heavy atom. The van der Waals surface area contributed by atoms with Gasteiger partial charge in [0.2, 0.25) is 0 Å². The first-order valence-corrected chi connectivity index (χ1v) is 9.44. The van der Waals surface area contributed by atoms with Gasteiger partial charge in [-0.25, -0.2) is 4.98 Å². The van der Waals surface area contributed by atoms with Crippen molar-refractivity contribution in [3.05, 3.63) is 83.0 Å². The Morgan fingerprint density at radius 1 is 1.10 bits per heavy atom. The van der Waals surface area contributed by atoms with Gasteiger partial charge in [-0.1, -0.05) is 18.2 Å². The zero-order valence-corrected chi connectivity index (χ0v) is 16.6. The highest BCUT2D eigenvalue weighted by Gasteiger charge is 2.12. The Morgan fingerprint density at radius 2 is 1.90 bits per heavy atom. The lowest BCUT2D eigenvalue weighted by Gasteiger charge is -2.13. The average molecular weight is 391 g/mol. The van der Waals surface area contributed by atoms with Crippen LogP contribution in [0, 0.1) is 6.92 Å². The van der Waals surface area contributed by atoms with Gasteiger partial charge in [-0.15, -0.1) is 0 Å². The molecule has 0 bridgehead atoms. The molecule has 0 saturated heterocycles. The Kier molecular flexibility index (Phi) is 6.81. The molecule has 0 saturated carbocycles. The van der Waals surface area contributed by atoms with Gasteiger partial charge in [0.15, 0.2) is 0 Å². The summed E-state index contributed by atoms with van der Waals surface area (Å²) in [4.78, 5) is 16.7. The summed E-state index contributed by atoms with van der Waals surface area (Å²) in [5.74, 6) is 1.34. The first kappa shape index (κ1) is 20.4. The second kappa shape index (κ2) is 9.71. The molecule has 0 aliphatic rings. The van der Waals surface area contributed by atoms with Gasteiger partial charge in [0.05, 0.1) is 13.7 Å². The summed E-state index contributed by atoms with van der Waals surface area (Å²) < 4.78 is 5.29. The molecular weight excluding hydrogens is 366 g/mol. The van der Waals surface area contributed by atoms with Crippen molar-refractivity contribution in [2.75, 3.05) is 25.6 Å². The minimum Gasteiger partial charge on any atom is -0.497 e. The van der Waals surface area contributed by atoms with Gasteiger partial charge in [0.25, 0.3) is 5.91 Å². The fourth-order valence-corrected chi connectivity index (χ4v) is 3.09. The van der Waals surface area contributed by atoms with E-state index in [2.05, 4.69) is 21.7 Å². The normalized spacial score (nSPS) is 10.4. The van der Waals surface area contributed by atoms with E-state index in [0.717, 1.165) is 34.5 Å². The number of benzene rings is 2. The van der Waals surface area contributed by atoms with Crippen LogP contribution in [-0.4, -0.2) is 36.3 Å². The third kappa shape index (κ3) is 5.33. The van der Waals surface area contributed by atoms with Crippen LogP contribution < -0.4 is 15.4 Å². The number of hydrogen-bond acceptors (Lipinski definition) is 5. The lowest BCUT2D eigenvalue weighted by molar-refractivity contribution is 0.0944. The maximum atomic E-state index is 12.3. The molecule has 3 rings (SSSR count). The van der Waals surface area contributed by atoms with Crippen LogP contribution in [0.3, 0.4) is 0 Å². The molecule has 0 aliphatic heterocycles. The van der Waals surface area contributed by atoms with E-state index in [-0.39, 0.29) is 19.1 Å². The average Bonchev–Trinajstić information content (AvgIpc) is 2.74. The highest BCUT2D eigenvalue weighted by atomic mass is 16.5. The number of anilines is 2. The Bertz CT molecular complexity index is 989. The molecule has 3 aromatic rings. The Balaban J connectivity index is 1.77. The quantitative estimate of drug-likeness (QED) is 0.548. The van der Waals surface area contributed by atoms with Crippen molar-refractivity contribution in [3.8, 4) is 5.75 Å². The summed E-state index contributed by atoms with van der Waals surface area (Å²) in [6.45, 7) is 2.02. The molecule has 1 heterocycles. The van der Waals surface area contributed by atoms with E-state index in [0.29, 0.717) is 11.4 Å². The van der Waals surface area contributed by atoms with E-state index >= 15 is 0 Å². The van der Waals surface area contributed by atoms with Crippen LogP contribution in [0.25, 0.3) is 0 Å². The SMILES string of the molecule is COc1cccc(Cc2ccnc(Nc3cccc(C(=O)NCCO)c3C)c2)c1. The van der Waals surface area contributed by atoms with Crippen molar-refractivity contribution in [1.29, 1.82) is 0 Å². The predicted octanol–water partition coefficient (Wildman–Crippen LogP) is 3.46. The van der Waals surface area contributed by atoms with Crippen LogP contribution >= 0.6 is 0 Å². The topological polar surface area (TPSA) is 83.5 Å². The molecule has 150 valence electrons. The lowest BCUT2D eigenvalue weighted by atomic mass is 10.0. The highest BCUT2D eigenvalue weighted by molar-refractivity contribution is 5.97. The summed E-state index contributed by atoms with van der Waals surface area (Å²) >= 11 is 0. The van der Waals surface area contributed by atoms with Crippen LogP contribution in [-0.2, 0) is 6.42 Å². The van der Waals surface area contributed by atoms with E-state index in [4.69, 9.17) is 9.84 Å². The molecule has 6 nitrogen and oxygen atoms in total. The van der Waals surface area contributed by atoms with Crippen LogP contribution in [0.4, 0.5) is 11.5 Å². The van der Waals surface area contributed by atoms with Gasteiger partial charge in [-0.05, 0) is 66.4 Å². The van der Waals surface area contributed by atoms with Crippen LogP contribution in [0.15, 0.2) is 60.8 Å². The van der Waals surface area contributed by atoms with Crippen molar-refractivity contribution >= 4 is 17.4 Å². The van der Waals surface area contributed by atoms with Crippen LogP contribution in [0.2, 0.25) is 0 Å². The third-order valence-corrected chi connectivity index (χ3v) is 4.61. The van der Waals surface area contributed by atoms with Gasteiger partial charge in [-0.3, -0.25) is 4.79 Å². The van der Waals surface area contributed by atoms with Crippen molar-refractivity contribution in [2.45, 2.75) is 13.3 Å². The monoisotopic (exact) mass is 391 g/mol. The molecule has 2 aromatic carbocycles. The maximum absolute atomic E-state index is 12.3. The smallest absolute Gasteiger partial charge is 0.251 e. The molecule has 6 heteroatoms. The van der Waals surface area contributed by atoms with Gasteiger partial charge >= 0.3 is 0 Å². The van der Waals surface area contributed by atoms with E-state index in [1.54, 1.807) is 19.4 Å². The minimum atomic E-state index is -0.208. The fourth-order valence-electron chi connectivity index (χ4n) is 3.09. The zero-order valence-electron chi connectivity index (χ0n) is 16.6. The summed E-state index contributed by atoms with van der Waals surface area (Å²) in [5, 5.41) is 14.9. The van der Waals surface area contributed by atoms with Gasteiger partial charge in [0, 0.05) is 24.0 Å². The van der Waals surface area contributed by atoms with Crippen LogP contribution in [0.5, 0.6) is 5.75 Å². The van der Waals surface area contributed by atoms with Gasteiger partial charge < -0.3 is 20.5 Å². The van der Waals surface area contributed by atoms with Gasteiger partial charge in [0.1, 0.15) is 11.6 Å². The van der Waals surface area contributed by atoms with Crippen molar-refractivity contribution in [1.82, 2.24) is 10.3 Å². The second-order valence-electron chi connectivity index (χ2n) is 6.66. The Labute approximate surface area is 170 Å². The first-order valence-electron chi connectivity index (χ1n) is 9.44. The highest BCUT2D eigenvalue weighted by Crippen LogP contribution is 2.24. The number of pyridine rings is 1. The van der Waals surface area contributed by atoms with E-state index in [9.17, 15) is 4.79 Å². The van der Waals surface area contributed by atoms with E-state index < -0.39 is 0 Å². The number of rotatable bonds is 8. The molecule has 3 N–H and O–H groups in total. The zero-order chi connectivity index (χ0) is 20.6. The number of carbonyl (C=O) groups is 1.